The predicted octanol–water partition coefficient (Wildman–Crippen LogP) is 4.60. The van der Waals surface area contributed by atoms with Gasteiger partial charge in [-0.15, -0.1) is 0 Å². The van der Waals surface area contributed by atoms with Crippen molar-refractivity contribution >= 4 is 15.9 Å². The zero-order valence-electron chi connectivity index (χ0n) is 9.78. The van der Waals surface area contributed by atoms with Gasteiger partial charge in [-0.3, -0.25) is 4.98 Å². The molecule has 0 N–H and O–H groups in total. The van der Waals surface area contributed by atoms with Crippen molar-refractivity contribution < 1.29 is 8.78 Å². The third-order valence-electron chi connectivity index (χ3n) is 2.80. The molecule has 4 heteroatoms. The van der Waals surface area contributed by atoms with E-state index < -0.39 is 11.6 Å². The lowest BCUT2D eigenvalue weighted by Crippen LogP contribution is -2.04. The van der Waals surface area contributed by atoms with Crippen LogP contribution in [-0.4, -0.2) is 4.98 Å². The fourth-order valence-corrected chi connectivity index (χ4v) is 2.35. The predicted molar refractivity (Wildman–Crippen MR) is 70.7 cm³/mol. The van der Waals surface area contributed by atoms with Gasteiger partial charge >= 0.3 is 0 Å². The molecule has 0 aliphatic carbocycles. The topological polar surface area (TPSA) is 12.9 Å². The van der Waals surface area contributed by atoms with Crippen molar-refractivity contribution in [3.8, 4) is 0 Å². The molecule has 0 saturated carbocycles. The summed E-state index contributed by atoms with van der Waals surface area (Å²) >= 11 is 3.48. The fraction of sp³-hybridized carbons (Fsp3) is 0.214. The minimum Gasteiger partial charge on any atom is -0.261 e. The second-order valence-corrected chi connectivity index (χ2v) is 5.13. The Morgan fingerprint density at radius 1 is 1.11 bits per heavy atom. The molecule has 0 radical (unpaired) electrons. The molecule has 2 aromatic rings. The second-order valence-electron chi connectivity index (χ2n) is 4.15. The van der Waals surface area contributed by atoms with Crippen LogP contribution in [-0.2, 0) is 0 Å². The van der Waals surface area contributed by atoms with E-state index in [0.29, 0.717) is 5.56 Å². The summed E-state index contributed by atoms with van der Waals surface area (Å²) in [5.74, 6) is -1.11. The number of hydrogen-bond acceptors (Lipinski definition) is 1. The molecule has 0 amide bonds. The van der Waals surface area contributed by atoms with E-state index >= 15 is 0 Å². The number of alkyl halides is 1. The molecule has 1 aromatic heterocycles. The largest absolute Gasteiger partial charge is 0.261 e. The average Bonchev–Trinajstić information content (AvgIpc) is 2.37. The first kappa shape index (κ1) is 13.1. The first-order valence-electron chi connectivity index (χ1n) is 5.59. The van der Waals surface area contributed by atoms with Crippen molar-refractivity contribution in [2.45, 2.75) is 17.7 Å². The number of rotatable bonds is 3. The highest BCUT2D eigenvalue weighted by Crippen LogP contribution is 2.37. The zero-order valence-corrected chi connectivity index (χ0v) is 11.4. The minimum absolute atomic E-state index is 0.0207. The summed E-state index contributed by atoms with van der Waals surface area (Å²) in [4.78, 5) is 4.07. The van der Waals surface area contributed by atoms with Crippen molar-refractivity contribution in [3.05, 3.63) is 65.5 Å². The van der Waals surface area contributed by atoms with Crippen LogP contribution < -0.4 is 0 Å². The monoisotopic (exact) mass is 311 g/mol. The van der Waals surface area contributed by atoms with Crippen molar-refractivity contribution in [3.63, 3.8) is 0 Å². The molecular formula is C14H12BrF2N. The molecule has 0 bridgehead atoms. The van der Waals surface area contributed by atoms with Gasteiger partial charge in [0, 0.05) is 28.7 Å². The number of pyridine rings is 1. The number of hydrogen-bond donors (Lipinski definition) is 0. The molecule has 2 unspecified atom stereocenters. The highest BCUT2D eigenvalue weighted by molar-refractivity contribution is 9.09. The van der Waals surface area contributed by atoms with Gasteiger partial charge in [0.15, 0.2) is 0 Å². The van der Waals surface area contributed by atoms with Gasteiger partial charge in [0.05, 0.1) is 0 Å². The molecule has 1 aromatic carbocycles. The lowest BCUT2D eigenvalue weighted by molar-refractivity contribution is 0.576. The van der Waals surface area contributed by atoms with E-state index in [2.05, 4.69) is 20.9 Å². The van der Waals surface area contributed by atoms with Gasteiger partial charge in [-0.2, -0.15) is 0 Å². The highest BCUT2D eigenvalue weighted by atomic mass is 79.9. The summed E-state index contributed by atoms with van der Waals surface area (Å²) in [6.45, 7) is 1.96. The summed E-state index contributed by atoms with van der Waals surface area (Å²) in [6.07, 6.45) is 1.71. The molecule has 0 spiro atoms. The Bertz CT molecular complexity index is 510. The third kappa shape index (κ3) is 2.93. The summed E-state index contributed by atoms with van der Waals surface area (Å²) in [5.41, 5.74) is 1.45. The molecular weight excluding hydrogens is 300 g/mol. The minimum atomic E-state index is -0.567. The van der Waals surface area contributed by atoms with Crippen LogP contribution in [0.1, 0.15) is 28.9 Å². The van der Waals surface area contributed by atoms with Gasteiger partial charge in [-0.1, -0.05) is 28.9 Å². The van der Waals surface area contributed by atoms with E-state index in [-0.39, 0.29) is 10.7 Å². The Balaban J connectivity index is 2.28. The van der Waals surface area contributed by atoms with Gasteiger partial charge in [0.2, 0.25) is 0 Å². The van der Waals surface area contributed by atoms with Crippen LogP contribution in [0.15, 0.2) is 42.6 Å². The number of aromatic nitrogens is 1. The maximum atomic E-state index is 13.2. The van der Waals surface area contributed by atoms with Gasteiger partial charge in [-0.25, -0.2) is 8.78 Å². The van der Waals surface area contributed by atoms with E-state index in [1.54, 1.807) is 6.20 Å². The summed E-state index contributed by atoms with van der Waals surface area (Å²) in [7, 11) is 0. The number of halogens is 3. The van der Waals surface area contributed by atoms with Crippen LogP contribution >= 0.6 is 15.9 Å². The summed E-state index contributed by atoms with van der Waals surface area (Å²) in [6, 6.07) is 9.17. The van der Waals surface area contributed by atoms with Crippen LogP contribution in [0.25, 0.3) is 0 Å². The molecule has 2 atom stereocenters. The van der Waals surface area contributed by atoms with E-state index in [1.165, 1.54) is 12.1 Å². The van der Waals surface area contributed by atoms with Crippen LogP contribution in [0.5, 0.6) is 0 Å². The van der Waals surface area contributed by atoms with Crippen LogP contribution in [0.4, 0.5) is 8.78 Å². The van der Waals surface area contributed by atoms with Crippen molar-refractivity contribution in [1.29, 1.82) is 0 Å². The Morgan fingerprint density at radius 3 is 2.33 bits per heavy atom. The Morgan fingerprint density at radius 2 is 1.78 bits per heavy atom. The third-order valence-corrected chi connectivity index (χ3v) is 4.12. The zero-order chi connectivity index (χ0) is 13.1. The molecule has 94 valence electrons. The lowest BCUT2D eigenvalue weighted by atomic mass is 9.97. The Kier molecular flexibility index (Phi) is 4.07. The molecule has 1 heterocycles. The van der Waals surface area contributed by atoms with Crippen LogP contribution in [0.3, 0.4) is 0 Å². The van der Waals surface area contributed by atoms with Crippen LogP contribution in [0, 0.1) is 11.6 Å². The summed E-state index contributed by atoms with van der Waals surface area (Å²) in [5, 5.41) is 0. The quantitative estimate of drug-likeness (QED) is 0.755. The lowest BCUT2D eigenvalue weighted by Gasteiger charge is -2.18. The number of benzene rings is 1. The normalized spacial score (nSPS) is 14.2. The Hall–Kier alpha value is -1.29. The van der Waals surface area contributed by atoms with Gasteiger partial charge in [0.25, 0.3) is 0 Å². The maximum Gasteiger partial charge on any atom is 0.126 e. The van der Waals surface area contributed by atoms with E-state index in [1.807, 2.05) is 25.1 Å². The van der Waals surface area contributed by atoms with Gasteiger partial charge in [0.1, 0.15) is 11.6 Å². The molecule has 0 aliphatic heterocycles. The fourth-order valence-electron chi connectivity index (χ4n) is 1.82. The standard InChI is InChI=1S/C14H12BrF2N/c1-9(13-4-2-3-5-18-13)14(15)10-6-11(16)8-12(17)7-10/h2-9,14H,1H3. The molecule has 2 rings (SSSR count). The van der Waals surface area contributed by atoms with E-state index in [0.717, 1.165) is 11.8 Å². The molecule has 0 fully saturated rings. The second kappa shape index (κ2) is 5.57. The molecule has 18 heavy (non-hydrogen) atoms. The first-order chi connectivity index (χ1) is 8.58. The Labute approximate surface area is 113 Å². The van der Waals surface area contributed by atoms with E-state index in [9.17, 15) is 8.78 Å². The average molecular weight is 312 g/mol. The van der Waals surface area contributed by atoms with Crippen molar-refractivity contribution in [1.82, 2.24) is 4.98 Å². The molecule has 0 saturated heterocycles. The highest BCUT2D eigenvalue weighted by Gasteiger charge is 2.20. The van der Waals surface area contributed by atoms with E-state index in [4.69, 9.17) is 0 Å². The molecule has 1 nitrogen and oxygen atoms in total. The van der Waals surface area contributed by atoms with Crippen LogP contribution in [0.2, 0.25) is 0 Å². The summed E-state index contributed by atoms with van der Waals surface area (Å²) < 4.78 is 26.4. The maximum absolute atomic E-state index is 13.2. The molecule has 0 aliphatic rings. The van der Waals surface area contributed by atoms with Crippen molar-refractivity contribution in [2.24, 2.45) is 0 Å². The smallest absolute Gasteiger partial charge is 0.126 e. The first-order valence-corrected chi connectivity index (χ1v) is 6.50. The number of nitrogens with zero attached hydrogens (tertiary/aromatic N) is 1. The van der Waals surface area contributed by atoms with Gasteiger partial charge < -0.3 is 0 Å². The SMILES string of the molecule is CC(c1ccccn1)C(Br)c1cc(F)cc(F)c1. The van der Waals surface area contributed by atoms with Gasteiger partial charge in [-0.05, 0) is 29.8 Å². The van der Waals surface area contributed by atoms with Crippen molar-refractivity contribution in [2.75, 3.05) is 0 Å².